The van der Waals surface area contributed by atoms with Crippen LogP contribution in [-0.4, -0.2) is 80.0 Å². The normalized spacial score (nSPS) is 24.4. The molecule has 2 unspecified atom stereocenters. The summed E-state index contributed by atoms with van der Waals surface area (Å²) in [7, 11) is 0. The van der Waals surface area contributed by atoms with E-state index in [4.69, 9.17) is 14.2 Å². The fourth-order valence-electron chi connectivity index (χ4n) is 3.12. The first-order valence-electron chi connectivity index (χ1n) is 9.62. The molecular weight excluding hydrogens is 432 g/mol. The molecule has 0 bridgehead atoms. The summed E-state index contributed by atoms with van der Waals surface area (Å²) in [5.41, 5.74) is -0.694. The molecule has 0 radical (unpaired) electrons. The van der Waals surface area contributed by atoms with Crippen molar-refractivity contribution >= 4 is 47.5 Å². The Morgan fingerprint density at radius 1 is 1.03 bits per heavy atom. The molecule has 0 aromatic rings. The Morgan fingerprint density at radius 2 is 1.67 bits per heavy atom. The van der Waals surface area contributed by atoms with Crippen LogP contribution in [0.15, 0.2) is 0 Å². The molecule has 170 valence electrons. The van der Waals surface area contributed by atoms with Crippen molar-refractivity contribution in [3.05, 3.63) is 0 Å². The average molecular weight is 463 g/mol. The largest absolute Gasteiger partial charge is 0.458 e. The monoisotopic (exact) mass is 462 g/mol. The number of ether oxygens (including phenoxy) is 3. The van der Waals surface area contributed by atoms with Gasteiger partial charge >= 0.3 is 18.0 Å². The Bertz CT molecular complexity index is 707. The first-order chi connectivity index (χ1) is 13.7. The third-order valence-corrected chi connectivity index (χ3v) is 6.90. The maximum atomic E-state index is 12.7. The van der Waals surface area contributed by atoms with Crippen LogP contribution in [0.25, 0.3) is 0 Å². The molecule has 2 fully saturated rings. The topological polar surface area (TPSA) is 102 Å². The average Bonchev–Trinajstić information content (AvgIpc) is 3.16. The van der Waals surface area contributed by atoms with Gasteiger partial charge in [-0.2, -0.15) is 0 Å². The lowest BCUT2D eigenvalue weighted by Gasteiger charge is -2.32. The van der Waals surface area contributed by atoms with Gasteiger partial charge in [0.1, 0.15) is 17.7 Å². The van der Waals surface area contributed by atoms with E-state index in [0.717, 1.165) is 0 Å². The predicted molar refractivity (Wildman–Crippen MR) is 114 cm³/mol. The van der Waals surface area contributed by atoms with Crippen molar-refractivity contribution < 1.29 is 33.4 Å². The van der Waals surface area contributed by atoms with Gasteiger partial charge in [-0.15, -0.1) is 23.5 Å². The standard InChI is InChI=1S/C19H30N2O7S2/c1-11(22)20-9-29-8-13(20)15(23)26-12(2)27-17(25)21-10-30-19(6,7)14(21)16(24)28-18(3,4)5/h12-14H,8-10H2,1-7H3/t12?,13-,14?/m1/s1. The van der Waals surface area contributed by atoms with E-state index in [1.807, 2.05) is 13.8 Å². The van der Waals surface area contributed by atoms with Crippen LogP contribution in [0.3, 0.4) is 0 Å². The highest BCUT2D eigenvalue weighted by molar-refractivity contribution is 8.01. The molecule has 3 atom stereocenters. The predicted octanol–water partition coefficient (Wildman–Crippen LogP) is 2.43. The van der Waals surface area contributed by atoms with E-state index >= 15 is 0 Å². The van der Waals surface area contributed by atoms with Crippen LogP contribution in [0.5, 0.6) is 0 Å². The molecule has 0 N–H and O–H groups in total. The zero-order valence-corrected chi connectivity index (χ0v) is 20.1. The highest BCUT2D eigenvalue weighted by atomic mass is 32.2. The third-order valence-electron chi connectivity index (χ3n) is 4.52. The zero-order chi connectivity index (χ0) is 22.9. The summed E-state index contributed by atoms with van der Waals surface area (Å²) >= 11 is 2.88. The number of nitrogens with zero attached hydrogens (tertiary/aromatic N) is 2. The van der Waals surface area contributed by atoms with Crippen LogP contribution in [0.4, 0.5) is 4.79 Å². The minimum atomic E-state index is -1.17. The molecule has 30 heavy (non-hydrogen) atoms. The molecule has 2 saturated heterocycles. The van der Waals surface area contributed by atoms with E-state index in [1.165, 1.54) is 47.2 Å². The van der Waals surface area contributed by atoms with E-state index in [0.29, 0.717) is 11.6 Å². The van der Waals surface area contributed by atoms with E-state index < -0.39 is 46.8 Å². The first-order valence-corrected chi connectivity index (χ1v) is 11.8. The summed E-state index contributed by atoms with van der Waals surface area (Å²) in [6.45, 7) is 11.8. The minimum Gasteiger partial charge on any atom is -0.458 e. The summed E-state index contributed by atoms with van der Waals surface area (Å²) in [5.74, 6) is -0.275. The second kappa shape index (κ2) is 9.25. The van der Waals surface area contributed by atoms with Crippen molar-refractivity contribution in [1.29, 1.82) is 0 Å². The van der Waals surface area contributed by atoms with Crippen LogP contribution in [0, 0.1) is 0 Å². The summed E-state index contributed by atoms with van der Waals surface area (Å²) in [6, 6.07) is -1.54. The molecule has 0 aliphatic carbocycles. The maximum absolute atomic E-state index is 12.7. The number of esters is 2. The molecule has 0 aromatic carbocycles. The third kappa shape index (κ3) is 5.96. The van der Waals surface area contributed by atoms with Gasteiger partial charge in [-0.25, -0.2) is 14.4 Å². The molecule has 2 heterocycles. The van der Waals surface area contributed by atoms with Gasteiger partial charge in [-0.3, -0.25) is 9.69 Å². The van der Waals surface area contributed by atoms with Gasteiger partial charge in [0.25, 0.3) is 0 Å². The van der Waals surface area contributed by atoms with Crippen molar-refractivity contribution in [3.63, 3.8) is 0 Å². The number of rotatable bonds is 4. The second-order valence-corrected chi connectivity index (χ2v) is 11.3. The van der Waals surface area contributed by atoms with Gasteiger partial charge < -0.3 is 19.1 Å². The first kappa shape index (κ1) is 24.6. The molecule has 2 rings (SSSR count). The van der Waals surface area contributed by atoms with Crippen LogP contribution in [0.1, 0.15) is 48.5 Å². The Labute approximate surface area is 185 Å². The van der Waals surface area contributed by atoms with E-state index in [9.17, 15) is 19.2 Å². The molecule has 2 aliphatic heterocycles. The Kier molecular flexibility index (Phi) is 7.60. The van der Waals surface area contributed by atoms with Crippen LogP contribution < -0.4 is 0 Å². The summed E-state index contributed by atoms with van der Waals surface area (Å²) in [4.78, 5) is 52.2. The van der Waals surface area contributed by atoms with Crippen LogP contribution in [-0.2, 0) is 28.6 Å². The van der Waals surface area contributed by atoms with Gasteiger partial charge in [0.15, 0.2) is 0 Å². The van der Waals surface area contributed by atoms with Gasteiger partial charge in [0.05, 0.1) is 11.8 Å². The van der Waals surface area contributed by atoms with Crippen LogP contribution >= 0.6 is 23.5 Å². The smallest absolute Gasteiger partial charge is 0.414 e. The van der Waals surface area contributed by atoms with Crippen molar-refractivity contribution in [2.75, 3.05) is 17.5 Å². The molecule has 2 amide bonds. The van der Waals surface area contributed by atoms with Gasteiger partial charge in [-0.1, -0.05) is 0 Å². The Balaban J connectivity index is 2.00. The molecule has 0 spiro atoms. The number of amides is 2. The van der Waals surface area contributed by atoms with E-state index in [2.05, 4.69) is 0 Å². The van der Waals surface area contributed by atoms with Gasteiger partial charge in [0.2, 0.25) is 12.2 Å². The van der Waals surface area contributed by atoms with Gasteiger partial charge in [-0.05, 0) is 34.6 Å². The SMILES string of the molecule is CC(=O)N1CSC[C@@H]1C(=O)OC(C)OC(=O)N1CSC(C)(C)C1C(=O)OC(C)(C)C. The lowest BCUT2D eigenvalue weighted by molar-refractivity contribution is -0.174. The van der Waals surface area contributed by atoms with Crippen molar-refractivity contribution in [2.24, 2.45) is 0 Å². The lowest BCUT2D eigenvalue weighted by Crippen LogP contribution is -2.51. The summed E-state index contributed by atoms with van der Waals surface area (Å²) in [6.07, 6.45) is -1.94. The van der Waals surface area contributed by atoms with Crippen molar-refractivity contribution in [2.45, 2.75) is 77.2 Å². The fraction of sp³-hybridized carbons (Fsp3) is 0.789. The highest BCUT2D eigenvalue weighted by Gasteiger charge is 2.50. The Hall–Kier alpha value is -1.62. The molecule has 11 heteroatoms. The van der Waals surface area contributed by atoms with Crippen molar-refractivity contribution in [1.82, 2.24) is 9.80 Å². The number of carbonyl (C=O) groups excluding carboxylic acids is 4. The van der Waals surface area contributed by atoms with E-state index in [-0.39, 0.29) is 11.8 Å². The quantitative estimate of drug-likeness (QED) is 0.460. The molecule has 2 aliphatic rings. The zero-order valence-electron chi connectivity index (χ0n) is 18.4. The number of thioether (sulfide) groups is 2. The number of carbonyl (C=O) groups is 4. The molecule has 0 aromatic heterocycles. The van der Waals surface area contributed by atoms with E-state index in [1.54, 1.807) is 20.8 Å². The van der Waals surface area contributed by atoms with Crippen molar-refractivity contribution in [3.8, 4) is 0 Å². The fourth-order valence-corrected chi connectivity index (χ4v) is 5.43. The second-order valence-electron chi connectivity index (χ2n) is 8.68. The number of hydrogen-bond donors (Lipinski definition) is 0. The molecular formula is C19H30N2O7S2. The lowest BCUT2D eigenvalue weighted by atomic mass is 10.0. The maximum Gasteiger partial charge on any atom is 0.414 e. The highest BCUT2D eigenvalue weighted by Crippen LogP contribution is 2.40. The minimum absolute atomic E-state index is 0.219. The molecule has 0 saturated carbocycles. The Morgan fingerprint density at radius 3 is 2.23 bits per heavy atom. The van der Waals surface area contributed by atoms with Crippen LogP contribution in [0.2, 0.25) is 0 Å². The summed E-state index contributed by atoms with van der Waals surface area (Å²) < 4.78 is 15.4. The summed E-state index contributed by atoms with van der Waals surface area (Å²) in [5, 5.41) is 0. The van der Waals surface area contributed by atoms with Gasteiger partial charge in [0, 0.05) is 24.3 Å². The molecule has 9 nitrogen and oxygen atoms in total. The number of hydrogen-bond acceptors (Lipinski definition) is 9.